The lowest BCUT2D eigenvalue weighted by atomic mass is 10.2. The van der Waals surface area contributed by atoms with E-state index in [4.69, 9.17) is 9.15 Å². The predicted molar refractivity (Wildman–Crippen MR) is 85.9 cm³/mol. The van der Waals surface area contributed by atoms with E-state index in [0.29, 0.717) is 31.4 Å². The molecule has 0 saturated carbocycles. The fourth-order valence-electron chi connectivity index (χ4n) is 2.09. The standard InChI is InChI=1S/C16H22N4O3/c1-4-17-14(21)10-20(5-2)11-15-18-19-16(23-15)12-6-8-13(22-3)9-7-12/h6-9H,4-5,10-11H2,1-3H3,(H,17,21). The Morgan fingerprint density at radius 2 is 2.00 bits per heavy atom. The van der Waals surface area contributed by atoms with Crippen LogP contribution < -0.4 is 10.1 Å². The van der Waals surface area contributed by atoms with Crippen molar-refractivity contribution < 1.29 is 13.9 Å². The summed E-state index contributed by atoms with van der Waals surface area (Å²) in [6, 6.07) is 7.41. The maximum Gasteiger partial charge on any atom is 0.247 e. The van der Waals surface area contributed by atoms with Crippen molar-refractivity contribution >= 4 is 5.91 Å². The Morgan fingerprint density at radius 1 is 1.26 bits per heavy atom. The number of nitrogens with zero attached hydrogens (tertiary/aromatic N) is 3. The zero-order chi connectivity index (χ0) is 16.7. The summed E-state index contributed by atoms with van der Waals surface area (Å²) in [5, 5.41) is 10.9. The smallest absolute Gasteiger partial charge is 0.247 e. The van der Waals surface area contributed by atoms with Crippen LogP contribution in [0.4, 0.5) is 0 Å². The largest absolute Gasteiger partial charge is 0.497 e. The van der Waals surface area contributed by atoms with Gasteiger partial charge in [-0.25, -0.2) is 0 Å². The molecule has 124 valence electrons. The average molecular weight is 318 g/mol. The van der Waals surface area contributed by atoms with E-state index >= 15 is 0 Å². The minimum absolute atomic E-state index is 0.00996. The quantitative estimate of drug-likeness (QED) is 0.798. The van der Waals surface area contributed by atoms with Crippen LogP contribution in [-0.2, 0) is 11.3 Å². The zero-order valence-corrected chi connectivity index (χ0v) is 13.7. The van der Waals surface area contributed by atoms with Crippen molar-refractivity contribution in [2.24, 2.45) is 0 Å². The molecule has 1 aromatic heterocycles. The molecule has 1 amide bonds. The van der Waals surface area contributed by atoms with E-state index in [1.807, 2.05) is 43.0 Å². The summed E-state index contributed by atoms with van der Waals surface area (Å²) < 4.78 is 10.8. The molecule has 1 aromatic carbocycles. The van der Waals surface area contributed by atoms with Gasteiger partial charge in [-0.2, -0.15) is 0 Å². The van der Waals surface area contributed by atoms with Crippen LogP contribution >= 0.6 is 0 Å². The molecule has 1 heterocycles. The third-order valence-electron chi connectivity index (χ3n) is 3.35. The second kappa shape index (κ2) is 8.28. The van der Waals surface area contributed by atoms with E-state index in [-0.39, 0.29) is 5.91 Å². The number of hydrogen-bond acceptors (Lipinski definition) is 6. The Kier molecular flexibility index (Phi) is 6.10. The molecule has 0 unspecified atom stereocenters. The van der Waals surface area contributed by atoms with Gasteiger partial charge in [-0.1, -0.05) is 6.92 Å². The summed E-state index contributed by atoms with van der Waals surface area (Å²) >= 11 is 0. The monoisotopic (exact) mass is 318 g/mol. The molecular formula is C16H22N4O3. The van der Waals surface area contributed by atoms with Crippen LogP contribution in [0.5, 0.6) is 5.75 Å². The van der Waals surface area contributed by atoms with E-state index in [2.05, 4.69) is 15.5 Å². The Labute approximate surface area is 135 Å². The van der Waals surface area contributed by atoms with Crippen LogP contribution in [0.2, 0.25) is 0 Å². The lowest BCUT2D eigenvalue weighted by Gasteiger charge is -2.17. The Hall–Kier alpha value is -2.41. The molecule has 0 fully saturated rings. The van der Waals surface area contributed by atoms with Crippen molar-refractivity contribution in [3.05, 3.63) is 30.2 Å². The molecule has 0 aliphatic rings. The van der Waals surface area contributed by atoms with E-state index in [9.17, 15) is 4.79 Å². The molecule has 7 heteroatoms. The number of ether oxygens (including phenoxy) is 1. The number of likely N-dealkylation sites (N-methyl/N-ethyl adjacent to an activating group) is 2. The number of rotatable bonds is 8. The van der Waals surface area contributed by atoms with Gasteiger partial charge in [0.15, 0.2) is 0 Å². The van der Waals surface area contributed by atoms with Crippen molar-refractivity contribution in [1.29, 1.82) is 0 Å². The first-order chi connectivity index (χ1) is 11.2. The number of amides is 1. The SMILES string of the molecule is CCNC(=O)CN(CC)Cc1nnc(-c2ccc(OC)cc2)o1. The van der Waals surface area contributed by atoms with E-state index in [1.54, 1.807) is 7.11 Å². The minimum atomic E-state index is -0.00996. The predicted octanol–water partition coefficient (Wildman–Crippen LogP) is 1.70. The van der Waals surface area contributed by atoms with Gasteiger partial charge in [-0.15, -0.1) is 10.2 Å². The number of hydrogen-bond donors (Lipinski definition) is 1. The van der Waals surface area contributed by atoms with Crippen molar-refractivity contribution in [2.45, 2.75) is 20.4 Å². The highest BCUT2D eigenvalue weighted by atomic mass is 16.5. The van der Waals surface area contributed by atoms with E-state index in [0.717, 1.165) is 17.9 Å². The first kappa shape index (κ1) is 17.0. The fraction of sp³-hybridized carbons (Fsp3) is 0.438. The van der Waals surface area contributed by atoms with Gasteiger partial charge in [0.2, 0.25) is 17.7 Å². The molecule has 2 aromatic rings. The second-order valence-electron chi connectivity index (χ2n) is 4.99. The van der Waals surface area contributed by atoms with Gasteiger partial charge in [0.25, 0.3) is 0 Å². The molecule has 1 N–H and O–H groups in total. The highest BCUT2D eigenvalue weighted by Crippen LogP contribution is 2.21. The number of carbonyl (C=O) groups is 1. The Balaban J connectivity index is 2.01. The molecule has 2 rings (SSSR count). The summed E-state index contributed by atoms with van der Waals surface area (Å²) in [6.07, 6.45) is 0. The molecule has 0 radical (unpaired) electrons. The lowest BCUT2D eigenvalue weighted by molar-refractivity contribution is -0.122. The van der Waals surface area contributed by atoms with Gasteiger partial charge in [-0.3, -0.25) is 9.69 Å². The first-order valence-electron chi connectivity index (χ1n) is 7.62. The van der Waals surface area contributed by atoms with E-state index < -0.39 is 0 Å². The lowest BCUT2D eigenvalue weighted by Crippen LogP contribution is -2.36. The van der Waals surface area contributed by atoms with Crippen LogP contribution in [0.15, 0.2) is 28.7 Å². The second-order valence-corrected chi connectivity index (χ2v) is 4.99. The van der Waals surface area contributed by atoms with E-state index in [1.165, 1.54) is 0 Å². The van der Waals surface area contributed by atoms with Crippen LogP contribution in [0.1, 0.15) is 19.7 Å². The highest BCUT2D eigenvalue weighted by molar-refractivity contribution is 5.77. The molecule has 0 bridgehead atoms. The Morgan fingerprint density at radius 3 is 2.61 bits per heavy atom. The zero-order valence-electron chi connectivity index (χ0n) is 13.7. The van der Waals surface area contributed by atoms with Gasteiger partial charge in [0.1, 0.15) is 5.75 Å². The molecule has 0 aliphatic carbocycles. The third kappa shape index (κ3) is 4.79. The maximum absolute atomic E-state index is 11.7. The van der Waals surface area contributed by atoms with Gasteiger partial charge in [0, 0.05) is 12.1 Å². The molecule has 0 atom stereocenters. The first-order valence-corrected chi connectivity index (χ1v) is 7.62. The highest BCUT2D eigenvalue weighted by Gasteiger charge is 2.14. The normalized spacial score (nSPS) is 10.8. The summed E-state index contributed by atoms with van der Waals surface area (Å²) in [5.41, 5.74) is 0.830. The fourth-order valence-corrected chi connectivity index (χ4v) is 2.09. The van der Waals surface area contributed by atoms with Crippen LogP contribution in [0.3, 0.4) is 0 Å². The molecule has 0 spiro atoms. The maximum atomic E-state index is 11.7. The van der Waals surface area contributed by atoms with Crippen molar-refractivity contribution in [3.8, 4) is 17.2 Å². The third-order valence-corrected chi connectivity index (χ3v) is 3.35. The number of benzene rings is 1. The van der Waals surface area contributed by atoms with Crippen LogP contribution in [-0.4, -0.2) is 47.7 Å². The van der Waals surface area contributed by atoms with Gasteiger partial charge in [-0.05, 0) is 37.7 Å². The van der Waals surface area contributed by atoms with Crippen molar-refractivity contribution in [2.75, 3.05) is 26.7 Å². The van der Waals surface area contributed by atoms with Crippen molar-refractivity contribution in [1.82, 2.24) is 20.4 Å². The van der Waals surface area contributed by atoms with Crippen LogP contribution in [0.25, 0.3) is 11.5 Å². The van der Waals surface area contributed by atoms with Crippen molar-refractivity contribution in [3.63, 3.8) is 0 Å². The summed E-state index contributed by atoms with van der Waals surface area (Å²) in [7, 11) is 1.62. The molecule has 7 nitrogen and oxygen atoms in total. The number of carbonyl (C=O) groups excluding carboxylic acids is 1. The summed E-state index contributed by atoms with van der Waals surface area (Å²) in [4.78, 5) is 13.6. The molecule has 0 aliphatic heterocycles. The number of aromatic nitrogens is 2. The Bertz CT molecular complexity index is 625. The topological polar surface area (TPSA) is 80.5 Å². The van der Waals surface area contributed by atoms with Gasteiger partial charge in [0.05, 0.1) is 20.2 Å². The summed E-state index contributed by atoms with van der Waals surface area (Å²) in [5.74, 6) is 1.70. The number of nitrogens with one attached hydrogen (secondary N) is 1. The van der Waals surface area contributed by atoms with Gasteiger partial charge >= 0.3 is 0 Å². The summed E-state index contributed by atoms with van der Waals surface area (Å²) in [6.45, 7) is 5.98. The molecular weight excluding hydrogens is 296 g/mol. The average Bonchev–Trinajstić information content (AvgIpc) is 3.03. The molecule has 0 saturated heterocycles. The number of methoxy groups -OCH3 is 1. The van der Waals surface area contributed by atoms with Crippen LogP contribution in [0, 0.1) is 0 Å². The molecule has 23 heavy (non-hydrogen) atoms. The van der Waals surface area contributed by atoms with Gasteiger partial charge < -0.3 is 14.5 Å². The minimum Gasteiger partial charge on any atom is -0.497 e.